The Hall–Kier alpha value is -3.25. The van der Waals surface area contributed by atoms with Gasteiger partial charge in [-0.05, 0) is 47.5 Å². The van der Waals surface area contributed by atoms with Crippen LogP contribution in [0, 0.1) is 5.82 Å². The van der Waals surface area contributed by atoms with Gasteiger partial charge in [-0.2, -0.15) is 0 Å². The quantitative estimate of drug-likeness (QED) is 0.452. The van der Waals surface area contributed by atoms with Gasteiger partial charge in [0.15, 0.2) is 5.13 Å². The van der Waals surface area contributed by atoms with Crippen molar-refractivity contribution in [3.63, 3.8) is 0 Å². The SMILES string of the molecule is COc1ccc2cc(C(C)C(=O)Nc3nc(-c4cccc(F)c4)cs3)ccc2c1. The highest BCUT2D eigenvalue weighted by atomic mass is 32.1. The van der Waals surface area contributed by atoms with Crippen molar-refractivity contribution in [3.05, 3.63) is 77.4 Å². The van der Waals surface area contributed by atoms with Crippen LogP contribution in [0.3, 0.4) is 0 Å². The fourth-order valence-corrected chi connectivity index (χ4v) is 3.84. The molecule has 0 aliphatic carbocycles. The molecule has 1 heterocycles. The third kappa shape index (κ3) is 4.12. The molecule has 4 aromatic rings. The smallest absolute Gasteiger partial charge is 0.233 e. The van der Waals surface area contributed by atoms with Crippen LogP contribution in [-0.4, -0.2) is 18.0 Å². The van der Waals surface area contributed by atoms with Crippen molar-refractivity contribution in [2.24, 2.45) is 0 Å². The average Bonchev–Trinajstić information content (AvgIpc) is 3.21. The van der Waals surface area contributed by atoms with Crippen molar-refractivity contribution < 1.29 is 13.9 Å². The minimum absolute atomic E-state index is 0.141. The van der Waals surface area contributed by atoms with Gasteiger partial charge in [-0.1, -0.05) is 36.4 Å². The number of halogens is 1. The second kappa shape index (κ2) is 8.01. The first kappa shape index (κ1) is 19.1. The molecule has 0 saturated carbocycles. The number of carbonyl (C=O) groups excluding carboxylic acids is 1. The van der Waals surface area contributed by atoms with Gasteiger partial charge in [0.25, 0.3) is 0 Å². The molecule has 0 bridgehead atoms. The fraction of sp³-hybridized carbons (Fsp3) is 0.130. The van der Waals surface area contributed by atoms with E-state index in [9.17, 15) is 9.18 Å². The number of anilines is 1. The van der Waals surface area contributed by atoms with Crippen molar-refractivity contribution in [1.82, 2.24) is 4.98 Å². The predicted octanol–water partition coefficient (Wildman–Crippen LogP) is 5.85. The monoisotopic (exact) mass is 406 g/mol. The molecular formula is C23H19FN2O2S. The Labute approximate surface area is 172 Å². The number of nitrogens with one attached hydrogen (secondary N) is 1. The third-order valence-electron chi connectivity index (χ3n) is 4.82. The number of methoxy groups -OCH3 is 1. The normalized spacial score (nSPS) is 12.0. The van der Waals surface area contributed by atoms with Gasteiger partial charge >= 0.3 is 0 Å². The Morgan fingerprint density at radius 3 is 2.69 bits per heavy atom. The maximum absolute atomic E-state index is 13.4. The number of fused-ring (bicyclic) bond motifs is 1. The summed E-state index contributed by atoms with van der Waals surface area (Å²) < 4.78 is 18.7. The van der Waals surface area contributed by atoms with Crippen molar-refractivity contribution >= 4 is 33.1 Å². The number of aromatic nitrogens is 1. The van der Waals surface area contributed by atoms with Gasteiger partial charge in [0.1, 0.15) is 11.6 Å². The second-order valence-electron chi connectivity index (χ2n) is 6.73. The highest BCUT2D eigenvalue weighted by Gasteiger charge is 2.17. The number of hydrogen-bond donors (Lipinski definition) is 1. The van der Waals surface area contributed by atoms with Crippen LogP contribution in [0.25, 0.3) is 22.0 Å². The van der Waals surface area contributed by atoms with Crippen LogP contribution >= 0.6 is 11.3 Å². The lowest BCUT2D eigenvalue weighted by atomic mass is 9.97. The highest BCUT2D eigenvalue weighted by molar-refractivity contribution is 7.14. The number of amides is 1. The summed E-state index contributed by atoms with van der Waals surface area (Å²) in [6.45, 7) is 1.86. The standard InChI is InChI=1S/C23H19FN2O2S/c1-14(15-6-7-17-12-20(28-2)9-8-16(17)10-15)22(27)26-23-25-21(13-29-23)18-4-3-5-19(24)11-18/h3-14H,1-2H3,(H,25,26,27). The molecule has 6 heteroatoms. The van der Waals surface area contributed by atoms with E-state index in [0.717, 1.165) is 22.1 Å². The van der Waals surface area contributed by atoms with Crippen molar-refractivity contribution in [2.75, 3.05) is 12.4 Å². The summed E-state index contributed by atoms with van der Waals surface area (Å²) in [6.07, 6.45) is 0. The van der Waals surface area contributed by atoms with Crippen LogP contribution in [0.1, 0.15) is 18.4 Å². The lowest BCUT2D eigenvalue weighted by Gasteiger charge is -2.12. The fourth-order valence-electron chi connectivity index (χ4n) is 3.12. The molecule has 0 aliphatic rings. The molecule has 0 spiro atoms. The third-order valence-corrected chi connectivity index (χ3v) is 5.58. The summed E-state index contributed by atoms with van der Waals surface area (Å²) in [7, 11) is 1.64. The number of ether oxygens (including phenoxy) is 1. The van der Waals surface area contributed by atoms with Crippen molar-refractivity contribution in [1.29, 1.82) is 0 Å². The Morgan fingerprint density at radius 2 is 1.90 bits per heavy atom. The van der Waals surface area contributed by atoms with E-state index in [1.807, 2.05) is 43.3 Å². The zero-order chi connectivity index (χ0) is 20.4. The van der Waals surface area contributed by atoms with Gasteiger partial charge < -0.3 is 10.1 Å². The van der Waals surface area contributed by atoms with Crippen molar-refractivity contribution in [3.8, 4) is 17.0 Å². The molecule has 0 fully saturated rings. The Morgan fingerprint density at radius 1 is 1.10 bits per heavy atom. The summed E-state index contributed by atoms with van der Waals surface area (Å²) in [5.74, 6) is -0.00132. The molecule has 146 valence electrons. The molecule has 1 N–H and O–H groups in total. The van der Waals surface area contributed by atoms with E-state index in [1.165, 1.54) is 23.5 Å². The van der Waals surface area contributed by atoms with E-state index in [4.69, 9.17) is 4.74 Å². The zero-order valence-electron chi connectivity index (χ0n) is 16.0. The summed E-state index contributed by atoms with van der Waals surface area (Å²) in [6, 6.07) is 18.0. The van der Waals surface area contributed by atoms with E-state index >= 15 is 0 Å². The number of benzene rings is 3. The van der Waals surface area contributed by atoms with Gasteiger partial charge in [0.2, 0.25) is 5.91 Å². The summed E-state index contributed by atoms with van der Waals surface area (Å²) in [5, 5.41) is 7.26. The van der Waals surface area contributed by atoms with Gasteiger partial charge in [0, 0.05) is 10.9 Å². The molecule has 3 aromatic carbocycles. The molecule has 4 rings (SSSR count). The average molecular weight is 406 g/mol. The molecule has 1 aromatic heterocycles. The minimum atomic E-state index is -0.344. The number of thiazole rings is 1. The Kier molecular flexibility index (Phi) is 5.27. The molecule has 1 unspecified atom stereocenters. The number of rotatable bonds is 5. The number of nitrogens with zero attached hydrogens (tertiary/aromatic N) is 1. The van der Waals surface area contributed by atoms with Crippen LogP contribution in [0.2, 0.25) is 0 Å². The first-order chi connectivity index (χ1) is 14.0. The lowest BCUT2D eigenvalue weighted by Crippen LogP contribution is -2.18. The largest absolute Gasteiger partial charge is 0.497 e. The maximum Gasteiger partial charge on any atom is 0.233 e. The van der Waals surface area contributed by atoms with Gasteiger partial charge in [-0.25, -0.2) is 9.37 Å². The molecule has 29 heavy (non-hydrogen) atoms. The predicted molar refractivity (Wildman–Crippen MR) is 115 cm³/mol. The van der Waals surface area contributed by atoms with Crippen LogP contribution < -0.4 is 10.1 Å². The van der Waals surface area contributed by atoms with Crippen molar-refractivity contribution in [2.45, 2.75) is 12.8 Å². The van der Waals surface area contributed by atoms with Gasteiger partial charge in [-0.15, -0.1) is 11.3 Å². The Balaban J connectivity index is 1.50. The first-order valence-corrected chi connectivity index (χ1v) is 10.0. The molecule has 4 nitrogen and oxygen atoms in total. The zero-order valence-corrected chi connectivity index (χ0v) is 16.8. The first-order valence-electron chi connectivity index (χ1n) is 9.13. The van der Waals surface area contributed by atoms with E-state index < -0.39 is 0 Å². The molecule has 0 aliphatic heterocycles. The number of hydrogen-bond acceptors (Lipinski definition) is 4. The summed E-state index contributed by atoms with van der Waals surface area (Å²) in [4.78, 5) is 17.1. The number of carbonyl (C=O) groups is 1. The van der Waals surface area contributed by atoms with E-state index in [1.54, 1.807) is 24.6 Å². The Bertz CT molecular complexity index is 1190. The van der Waals surface area contributed by atoms with Crippen LogP contribution in [0.4, 0.5) is 9.52 Å². The lowest BCUT2D eigenvalue weighted by molar-refractivity contribution is -0.117. The minimum Gasteiger partial charge on any atom is -0.497 e. The van der Waals surface area contributed by atoms with E-state index in [0.29, 0.717) is 16.4 Å². The summed E-state index contributed by atoms with van der Waals surface area (Å²) >= 11 is 1.32. The van der Waals surface area contributed by atoms with Crippen LogP contribution in [0.5, 0.6) is 5.75 Å². The molecule has 0 radical (unpaired) electrons. The molecule has 1 atom stereocenters. The second-order valence-corrected chi connectivity index (χ2v) is 7.59. The highest BCUT2D eigenvalue weighted by Crippen LogP contribution is 2.28. The van der Waals surface area contributed by atoms with Crippen LogP contribution in [0.15, 0.2) is 66.0 Å². The molecule has 1 amide bonds. The van der Waals surface area contributed by atoms with Crippen LogP contribution in [-0.2, 0) is 4.79 Å². The summed E-state index contributed by atoms with van der Waals surface area (Å²) in [5.41, 5.74) is 2.24. The molecular weight excluding hydrogens is 387 g/mol. The maximum atomic E-state index is 13.4. The molecule has 0 saturated heterocycles. The van der Waals surface area contributed by atoms with E-state index in [-0.39, 0.29) is 17.6 Å². The van der Waals surface area contributed by atoms with E-state index in [2.05, 4.69) is 10.3 Å². The topological polar surface area (TPSA) is 51.2 Å². The van der Waals surface area contributed by atoms with Gasteiger partial charge in [-0.3, -0.25) is 4.79 Å². The van der Waals surface area contributed by atoms with Gasteiger partial charge in [0.05, 0.1) is 18.7 Å².